The van der Waals surface area contributed by atoms with Gasteiger partial charge in [-0.15, -0.1) is 0 Å². The molecule has 6 heteroatoms. The van der Waals surface area contributed by atoms with Crippen molar-refractivity contribution in [1.29, 1.82) is 0 Å². The minimum absolute atomic E-state index is 0.00517. The van der Waals surface area contributed by atoms with Crippen molar-refractivity contribution >= 4 is 15.7 Å². The summed E-state index contributed by atoms with van der Waals surface area (Å²) in [5.74, 6) is -0.0984. The van der Waals surface area contributed by atoms with Crippen LogP contribution in [-0.4, -0.2) is 45.0 Å². The largest absolute Gasteiger partial charge is 0.353 e. The zero-order chi connectivity index (χ0) is 12.2. The second-order valence-corrected chi connectivity index (χ2v) is 6.72. The fourth-order valence-corrected chi connectivity index (χ4v) is 2.51. The molecule has 0 radical (unpaired) electrons. The van der Waals surface area contributed by atoms with E-state index in [1.54, 1.807) is 6.92 Å². The molecule has 0 bridgehead atoms. The molecule has 1 amide bonds. The normalized spacial score (nSPS) is 18.1. The average Bonchev–Trinajstić information content (AvgIpc) is 2.83. The first-order valence-corrected chi connectivity index (χ1v) is 7.63. The Kier molecular flexibility index (Phi) is 4.73. The van der Waals surface area contributed by atoms with Gasteiger partial charge < -0.3 is 10.6 Å². The summed E-state index contributed by atoms with van der Waals surface area (Å²) in [5, 5.41) is 5.90. The Hall–Kier alpha value is -0.620. The van der Waals surface area contributed by atoms with Crippen LogP contribution in [-0.2, 0) is 14.6 Å². The number of amides is 1. The van der Waals surface area contributed by atoms with Gasteiger partial charge in [-0.2, -0.15) is 0 Å². The molecule has 1 fully saturated rings. The van der Waals surface area contributed by atoms with Gasteiger partial charge in [-0.05, 0) is 19.8 Å². The lowest BCUT2D eigenvalue weighted by Gasteiger charge is -2.12. The molecular formula is C10H20N2O3S. The van der Waals surface area contributed by atoms with Crippen molar-refractivity contribution < 1.29 is 13.2 Å². The fraction of sp³-hybridized carbons (Fsp3) is 0.900. The van der Waals surface area contributed by atoms with E-state index in [1.807, 2.05) is 0 Å². The maximum absolute atomic E-state index is 11.4. The first kappa shape index (κ1) is 13.4. The van der Waals surface area contributed by atoms with E-state index in [-0.39, 0.29) is 17.7 Å². The summed E-state index contributed by atoms with van der Waals surface area (Å²) >= 11 is 0. The average molecular weight is 248 g/mol. The highest BCUT2D eigenvalue weighted by atomic mass is 32.2. The molecule has 0 spiro atoms. The van der Waals surface area contributed by atoms with Crippen LogP contribution < -0.4 is 10.6 Å². The molecule has 1 rings (SSSR count). The molecule has 0 saturated heterocycles. The van der Waals surface area contributed by atoms with Crippen LogP contribution in [0.15, 0.2) is 0 Å². The second kappa shape index (κ2) is 5.63. The van der Waals surface area contributed by atoms with E-state index in [4.69, 9.17) is 0 Å². The van der Waals surface area contributed by atoms with Crippen molar-refractivity contribution in [3.8, 4) is 0 Å². The number of sulfone groups is 1. The van der Waals surface area contributed by atoms with E-state index < -0.39 is 9.84 Å². The number of carbonyl (C=O) groups is 1. The molecular weight excluding hydrogens is 228 g/mol. The molecule has 2 N–H and O–H groups in total. The number of hydrogen-bond acceptors (Lipinski definition) is 4. The molecule has 16 heavy (non-hydrogen) atoms. The third-order valence-electron chi connectivity index (χ3n) is 2.32. The molecule has 0 aliphatic heterocycles. The van der Waals surface area contributed by atoms with Gasteiger partial charge in [-0.25, -0.2) is 8.42 Å². The van der Waals surface area contributed by atoms with E-state index in [0.717, 1.165) is 0 Å². The Morgan fingerprint density at radius 3 is 2.56 bits per heavy atom. The fourth-order valence-electron chi connectivity index (χ4n) is 1.52. The first-order chi connectivity index (χ1) is 7.37. The lowest BCUT2D eigenvalue weighted by molar-refractivity contribution is -0.121. The van der Waals surface area contributed by atoms with Crippen LogP contribution >= 0.6 is 0 Å². The maximum atomic E-state index is 11.4. The molecule has 1 aliphatic rings. The Morgan fingerprint density at radius 1 is 1.44 bits per heavy atom. The third kappa shape index (κ3) is 6.79. The quantitative estimate of drug-likeness (QED) is 0.647. The van der Waals surface area contributed by atoms with Gasteiger partial charge in [0.2, 0.25) is 5.91 Å². The highest BCUT2D eigenvalue weighted by Gasteiger charge is 2.20. The summed E-state index contributed by atoms with van der Waals surface area (Å²) in [7, 11) is -3.02. The van der Waals surface area contributed by atoms with Crippen molar-refractivity contribution in [1.82, 2.24) is 10.6 Å². The minimum Gasteiger partial charge on any atom is -0.353 e. The third-order valence-corrected chi connectivity index (χ3v) is 3.43. The molecule has 1 atom stereocenters. The lowest BCUT2D eigenvalue weighted by atomic mass is 10.3. The van der Waals surface area contributed by atoms with Crippen molar-refractivity contribution in [2.24, 2.45) is 0 Å². The van der Waals surface area contributed by atoms with Crippen molar-refractivity contribution in [2.75, 3.05) is 18.6 Å². The molecule has 1 unspecified atom stereocenters. The van der Waals surface area contributed by atoms with Crippen molar-refractivity contribution in [3.63, 3.8) is 0 Å². The van der Waals surface area contributed by atoms with E-state index >= 15 is 0 Å². The minimum atomic E-state index is -3.02. The second-order valence-electron chi connectivity index (χ2n) is 4.54. The molecule has 0 heterocycles. The zero-order valence-corrected chi connectivity index (χ0v) is 10.6. The van der Waals surface area contributed by atoms with Gasteiger partial charge in [0, 0.05) is 31.3 Å². The summed E-state index contributed by atoms with van der Waals surface area (Å²) in [4.78, 5) is 11.4. The molecule has 1 aliphatic carbocycles. The SMILES string of the molecule is CC(CS(C)(=O)=O)NC(=O)CCNC1CC1. The maximum Gasteiger partial charge on any atom is 0.221 e. The van der Waals surface area contributed by atoms with Crippen LogP contribution in [0, 0.1) is 0 Å². The summed E-state index contributed by atoms with van der Waals surface area (Å²) in [6.45, 7) is 2.37. The van der Waals surface area contributed by atoms with Crippen LogP contribution in [0.2, 0.25) is 0 Å². The first-order valence-electron chi connectivity index (χ1n) is 5.57. The number of carbonyl (C=O) groups excluding carboxylic acids is 1. The molecule has 0 aromatic rings. The standard InChI is InChI=1S/C10H20N2O3S/c1-8(7-16(2,14)15)12-10(13)5-6-11-9-3-4-9/h8-9,11H,3-7H2,1-2H3,(H,12,13). The van der Waals surface area contributed by atoms with Gasteiger partial charge in [0.1, 0.15) is 9.84 Å². The van der Waals surface area contributed by atoms with Gasteiger partial charge in [-0.1, -0.05) is 0 Å². The highest BCUT2D eigenvalue weighted by Crippen LogP contribution is 2.18. The zero-order valence-electron chi connectivity index (χ0n) is 9.82. The van der Waals surface area contributed by atoms with Crippen molar-refractivity contribution in [3.05, 3.63) is 0 Å². The summed E-state index contributed by atoms with van der Waals surface area (Å²) in [6.07, 6.45) is 3.98. The lowest BCUT2D eigenvalue weighted by Crippen LogP contribution is -2.38. The molecule has 94 valence electrons. The molecule has 5 nitrogen and oxygen atoms in total. The summed E-state index contributed by atoms with van der Waals surface area (Å²) < 4.78 is 21.9. The van der Waals surface area contributed by atoms with E-state index in [9.17, 15) is 13.2 Å². The molecule has 1 saturated carbocycles. The highest BCUT2D eigenvalue weighted by molar-refractivity contribution is 7.90. The number of rotatable bonds is 7. The van der Waals surface area contributed by atoms with E-state index in [1.165, 1.54) is 19.1 Å². The van der Waals surface area contributed by atoms with E-state index in [0.29, 0.717) is 19.0 Å². The number of hydrogen-bond donors (Lipinski definition) is 2. The summed E-state index contributed by atoms with van der Waals surface area (Å²) in [6, 6.07) is 0.282. The monoisotopic (exact) mass is 248 g/mol. The van der Waals surface area contributed by atoms with Crippen LogP contribution in [0.3, 0.4) is 0 Å². The van der Waals surface area contributed by atoms with Gasteiger partial charge >= 0.3 is 0 Å². The van der Waals surface area contributed by atoms with Gasteiger partial charge in [0.05, 0.1) is 5.75 Å². The molecule has 0 aromatic heterocycles. The Labute approximate surface area is 96.9 Å². The van der Waals surface area contributed by atoms with E-state index in [2.05, 4.69) is 10.6 Å². The Morgan fingerprint density at radius 2 is 2.06 bits per heavy atom. The molecule has 0 aromatic carbocycles. The van der Waals surface area contributed by atoms with Crippen LogP contribution in [0.1, 0.15) is 26.2 Å². The summed E-state index contributed by atoms with van der Waals surface area (Å²) in [5.41, 5.74) is 0. The van der Waals surface area contributed by atoms with Crippen LogP contribution in [0.4, 0.5) is 0 Å². The van der Waals surface area contributed by atoms with Gasteiger partial charge in [0.25, 0.3) is 0 Å². The van der Waals surface area contributed by atoms with Crippen LogP contribution in [0.25, 0.3) is 0 Å². The van der Waals surface area contributed by atoms with Gasteiger partial charge in [-0.3, -0.25) is 4.79 Å². The van der Waals surface area contributed by atoms with Gasteiger partial charge in [0.15, 0.2) is 0 Å². The Bertz CT molecular complexity index is 336. The van der Waals surface area contributed by atoms with Crippen molar-refractivity contribution in [2.45, 2.75) is 38.3 Å². The smallest absolute Gasteiger partial charge is 0.221 e. The number of nitrogens with one attached hydrogen (secondary N) is 2. The predicted molar refractivity (Wildman–Crippen MR) is 63.0 cm³/mol. The Balaban J connectivity index is 2.11. The predicted octanol–water partition coefficient (Wildman–Crippen LogP) is -0.322. The van der Waals surface area contributed by atoms with Crippen LogP contribution in [0.5, 0.6) is 0 Å². The topological polar surface area (TPSA) is 75.3 Å².